The average molecular weight is 257 g/mol. The number of hydrogen-bond donors (Lipinski definition) is 2. The van der Waals surface area contributed by atoms with Crippen LogP contribution in [-0.2, 0) is 10.0 Å². The first-order valence-corrected chi connectivity index (χ1v) is 7.09. The molecule has 0 amide bonds. The third-order valence-electron chi connectivity index (χ3n) is 2.49. The van der Waals surface area contributed by atoms with Gasteiger partial charge < -0.3 is 5.11 Å². The molecule has 0 saturated carbocycles. The van der Waals surface area contributed by atoms with E-state index >= 15 is 0 Å². The number of aliphatic hydroxyl groups excluding tert-OH is 1. The van der Waals surface area contributed by atoms with Crippen LogP contribution in [-0.4, -0.2) is 26.2 Å². The summed E-state index contributed by atoms with van der Waals surface area (Å²) in [5.74, 6) is 0. The molecule has 0 fully saturated rings. The van der Waals surface area contributed by atoms with Gasteiger partial charge in [0.05, 0.1) is 11.0 Å². The van der Waals surface area contributed by atoms with E-state index in [1.54, 1.807) is 19.1 Å². The van der Waals surface area contributed by atoms with Gasteiger partial charge in [0, 0.05) is 6.54 Å². The van der Waals surface area contributed by atoms with Crippen LogP contribution in [0.2, 0.25) is 0 Å². The highest BCUT2D eigenvalue weighted by Crippen LogP contribution is 2.14. The minimum Gasteiger partial charge on any atom is -0.392 e. The van der Waals surface area contributed by atoms with Crippen LogP contribution < -0.4 is 4.72 Å². The molecule has 0 radical (unpaired) electrons. The molecule has 1 unspecified atom stereocenters. The molecule has 0 aromatic heterocycles. The van der Waals surface area contributed by atoms with Crippen molar-refractivity contribution in [3.63, 3.8) is 0 Å². The molecule has 0 saturated heterocycles. The molecule has 0 aliphatic rings. The van der Waals surface area contributed by atoms with Crippen molar-refractivity contribution in [2.75, 3.05) is 6.54 Å². The molecule has 1 atom stereocenters. The summed E-state index contributed by atoms with van der Waals surface area (Å²) in [6.07, 6.45) is -0.120. The first-order valence-electron chi connectivity index (χ1n) is 5.61. The number of nitrogens with one attached hydrogen (secondary N) is 1. The summed E-state index contributed by atoms with van der Waals surface area (Å²) >= 11 is 0. The molecule has 2 N–H and O–H groups in total. The molecule has 4 nitrogen and oxygen atoms in total. The maximum Gasteiger partial charge on any atom is 0.240 e. The van der Waals surface area contributed by atoms with E-state index in [0.717, 1.165) is 11.1 Å². The fourth-order valence-electron chi connectivity index (χ4n) is 1.52. The minimum absolute atomic E-state index is 0.0474. The lowest BCUT2D eigenvalue weighted by atomic mass is 10.2. The van der Waals surface area contributed by atoms with Crippen molar-refractivity contribution in [2.45, 2.75) is 38.2 Å². The maximum atomic E-state index is 11.9. The summed E-state index contributed by atoms with van der Waals surface area (Å²) in [5, 5.41) is 9.35. The molecular weight excluding hydrogens is 238 g/mol. The van der Waals surface area contributed by atoms with Gasteiger partial charge in [-0.05, 0) is 43.5 Å². The molecule has 5 heteroatoms. The zero-order valence-corrected chi connectivity index (χ0v) is 11.2. The molecule has 1 aromatic rings. The van der Waals surface area contributed by atoms with Crippen LogP contribution in [0.4, 0.5) is 0 Å². The number of hydrogen-bond acceptors (Lipinski definition) is 3. The van der Waals surface area contributed by atoms with Crippen molar-refractivity contribution in [1.82, 2.24) is 4.72 Å². The molecule has 0 bridgehead atoms. The summed E-state index contributed by atoms with van der Waals surface area (Å²) in [4.78, 5) is 0.248. The third-order valence-corrected chi connectivity index (χ3v) is 3.89. The predicted molar refractivity (Wildman–Crippen MR) is 67.4 cm³/mol. The smallest absolute Gasteiger partial charge is 0.240 e. The van der Waals surface area contributed by atoms with Gasteiger partial charge in [-0.25, -0.2) is 13.1 Å². The highest BCUT2D eigenvalue weighted by Gasteiger charge is 2.15. The molecule has 0 aliphatic heterocycles. The monoisotopic (exact) mass is 257 g/mol. The van der Waals surface area contributed by atoms with Gasteiger partial charge in [-0.2, -0.15) is 0 Å². The van der Waals surface area contributed by atoms with Crippen molar-refractivity contribution in [2.24, 2.45) is 0 Å². The first-order chi connectivity index (χ1) is 7.85. The molecule has 17 heavy (non-hydrogen) atoms. The quantitative estimate of drug-likeness (QED) is 0.837. The lowest BCUT2D eigenvalue weighted by Gasteiger charge is -2.11. The molecule has 96 valence electrons. The molecular formula is C12H19NO3S. The Hall–Kier alpha value is -0.910. The van der Waals surface area contributed by atoms with Gasteiger partial charge in [0.15, 0.2) is 0 Å². The Morgan fingerprint density at radius 3 is 2.24 bits per heavy atom. The molecule has 1 aromatic carbocycles. The zero-order chi connectivity index (χ0) is 13.1. The minimum atomic E-state index is -3.52. The van der Waals surface area contributed by atoms with Crippen molar-refractivity contribution in [3.8, 4) is 0 Å². The third kappa shape index (κ3) is 4.11. The van der Waals surface area contributed by atoms with E-state index in [2.05, 4.69) is 4.72 Å². The van der Waals surface area contributed by atoms with Crippen LogP contribution in [0.3, 0.4) is 0 Å². The summed E-state index contributed by atoms with van der Waals surface area (Å²) in [7, 11) is -3.52. The summed E-state index contributed by atoms with van der Waals surface area (Å²) in [6, 6.07) is 5.15. The first kappa shape index (κ1) is 14.2. The van der Waals surface area contributed by atoms with Crippen LogP contribution in [0, 0.1) is 13.8 Å². The van der Waals surface area contributed by atoms with Gasteiger partial charge >= 0.3 is 0 Å². The van der Waals surface area contributed by atoms with E-state index < -0.39 is 16.1 Å². The van der Waals surface area contributed by atoms with Crippen LogP contribution in [0.15, 0.2) is 23.1 Å². The average Bonchev–Trinajstić information content (AvgIpc) is 2.24. The summed E-state index contributed by atoms with van der Waals surface area (Å²) in [6.45, 7) is 5.56. The van der Waals surface area contributed by atoms with Crippen molar-refractivity contribution in [3.05, 3.63) is 29.3 Å². The Morgan fingerprint density at radius 2 is 1.76 bits per heavy atom. The topological polar surface area (TPSA) is 66.4 Å². The van der Waals surface area contributed by atoms with Crippen LogP contribution >= 0.6 is 0 Å². The zero-order valence-electron chi connectivity index (χ0n) is 10.4. The lowest BCUT2D eigenvalue weighted by Crippen LogP contribution is -2.31. The van der Waals surface area contributed by atoms with Crippen LogP contribution in [0.5, 0.6) is 0 Å². The molecule has 0 aliphatic carbocycles. The van der Waals surface area contributed by atoms with Gasteiger partial charge in [0.25, 0.3) is 0 Å². The second-order valence-corrected chi connectivity index (χ2v) is 6.00. The number of aliphatic hydroxyl groups is 1. The summed E-state index contributed by atoms with van der Waals surface area (Å²) < 4.78 is 26.3. The van der Waals surface area contributed by atoms with Gasteiger partial charge in [0.1, 0.15) is 0 Å². The second-order valence-electron chi connectivity index (χ2n) is 4.24. The van der Waals surface area contributed by atoms with E-state index in [1.165, 1.54) is 0 Å². The number of benzene rings is 1. The largest absolute Gasteiger partial charge is 0.392 e. The number of rotatable bonds is 5. The summed E-state index contributed by atoms with van der Waals surface area (Å²) in [5.41, 5.74) is 1.81. The SMILES string of the molecule is CCC(O)CNS(=O)(=O)c1cc(C)cc(C)c1. The van der Waals surface area contributed by atoms with Gasteiger partial charge in [-0.3, -0.25) is 0 Å². The molecule has 1 rings (SSSR count). The molecule has 0 spiro atoms. The molecule has 0 heterocycles. The second kappa shape index (κ2) is 5.62. The normalized spacial score (nSPS) is 13.6. The highest BCUT2D eigenvalue weighted by atomic mass is 32.2. The Bertz CT molecular complexity index is 462. The van der Waals surface area contributed by atoms with E-state index in [4.69, 9.17) is 0 Å². The van der Waals surface area contributed by atoms with Crippen LogP contribution in [0.1, 0.15) is 24.5 Å². The van der Waals surface area contributed by atoms with Gasteiger partial charge in [-0.1, -0.05) is 13.0 Å². The lowest BCUT2D eigenvalue weighted by molar-refractivity contribution is 0.174. The standard InChI is InChI=1S/C12H19NO3S/c1-4-11(14)8-13-17(15,16)12-6-9(2)5-10(3)7-12/h5-7,11,13-14H,4,8H2,1-3H3. The fourth-order valence-corrected chi connectivity index (χ4v) is 2.78. The Morgan fingerprint density at radius 1 is 1.24 bits per heavy atom. The van der Waals surface area contributed by atoms with E-state index in [-0.39, 0.29) is 11.4 Å². The van der Waals surface area contributed by atoms with E-state index in [1.807, 2.05) is 19.9 Å². The maximum absolute atomic E-state index is 11.9. The van der Waals surface area contributed by atoms with Crippen molar-refractivity contribution >= 4 is 10.0 Å². The van der Waals surface area contributed by atoms with Crippen molar-refractivity contribution < 1.29 is 13.5 Å². The van der Waals surface area contributed by atoms with Crippen molar-refractivity contribution in [1.29, 1.82) is 0 Å². The van der Waals surface area contributed by atoms with E-state index in [9.17, 15) is 13.5 Å². The highest BCUT2D eigenvalue weighted by molar-refractivity contribution is 7.89. The Kier molecular flexibility index (Phi) is 4.68. The number of sulfonamides is 1. The van der Waals surface area contributed by atoms with Crippen LogP contribution in [0.25, 0.3) is 0 Å². The van der Waals surface area contributed by atoms with Gasteiger partial charge in [0.2, 0.25) is 10.0 Å². The predicted octanol–water partition coefficient (Wildman–Crippen LogP) is 1.35. The van der Waals surface area contributed by atoms with E-state index in [0.29, 0.717) is 6.42 Å². The Balaban J connectivity index is 2.89. The Labute approximate surface area is 103 Å². The van der Waals surface area contributed by atoms with Gasteiger partial charge in [-0.15, -0.1) is 0 Å². The fraction of sp³-hybridized carbons (Fsp3) is 0.500. The number of aryl methyl sites for hydroxylation is 2.